The van der Waals surface area contributed by atoms with Crippen LogP contribution in [0.1, 0.15) is 17.0 Å². The zero-order valence-electron chi connectivity index (χ0n) is 12.8. The van der Waals surface area contributed by atoms with Crippen molar-refractivity contribution in [3.63, 3.8) is 0 Å². The van der Waals surface area contributed by atoms with E-state index in [1.807, 2.05) is 17.1 Å². The molecule has 0 bridgehead atoms. The lowest BCUT2D eigenvalue weighted by Crippen LogP contribution is -1.97. The minimum absolute atomic E-state index is 0.195. The minimum atomic E-state index is 0.195. The van der Waals surface area contributed by atoms with Crippen LogP contribution in [0.3, 0.4) is 0 Å². The van der Waals surface area contributed by atoms with Crippen molar-refractivity contribution in [1.82, 2.24) is 0 Å². The molecule has 0 saturated heterocycles. The highest BCUT2D eigenvalue weighted by molar-refractivity contribution is 9.11. The SMILES string of the molecule is Clc1ccc(C(C=CBr)c2ccc(-c3ccc(Br)cc3)cc2)cc1. The molecule has 3 rings (SSSR count). The molecular weight excluding hydrogens is 447 g/mol. The van der Waals surface area contributed by atoms with Crippen LogP contribution in [0.5, 0.6) is 0 Å². The maximum Gasteiger partial charge on any atom is 0.0406 e. The molecule has 0 aliphatic heterocycles. The Morgan fingerprint density at radius 3 is 1.67 bits per heavy atom. The summed E-state index contributed by atoms with van der Waals surface area (Å²) < 4.78 is 1.09. The molecule has 1 atom stereocenters. The second-order valence-electron chi connectivity index (χ2n) is 5.48. The molecule has 0 fully saturated rings. The normalized spacial score (nSPS) is 12.5. The number of halogens is 3. The molecule has 0 saturated carbocycles. The number of rotatable bonds is 4. The van der Waals surface area contributed by atoms with E-state index in [0.717, 1.165) is 9.50 Å². The van der Waals surface area contributed by atoms with Crippen molar-refractivity contribution in [2.75, 3.05) is 0 Å². The first-order valence-corrected chi connectivity index (χ1v) is 9.64. The zero-order chi connectivity index (χ0) is 16.9. The summed E-state index contributed by atoms with van der Waals surface area (Å²) in [5, 5.41) is 0.755. The van der Waals surface area contributed by atoms with Crippen molar-refractivity contribution in [3.05, 3.63) is 104 Å². The van der Waals surface area contributed by atoms with Crippen molar-refractivity contribution < 1.29 is 0 Å². The topological polar surface area (TPSA) is 0 Å². The lowest BCUT2D eigenvalue weighted by atomic mass is 9.90. The lowest BCUT2D eigenvalue weighted by Gasteiger charge is -2.15. The van der Waals surface area contributed by atoms with Crippen LogP contribution in [-0.2, 0) is 0 Å². The Morgan fingerprint density at radius 2 is 1.17 bits per heavy atom. The van der Waals surface area contributed by atoms with Gasteiger partial charge in [0.15, 0.2) is 0 Å². The Morgan fingerprint density at radius 1 is 0.708 bits per heavy atom. The molecule has 0 radical (unpaired) electrons. The maximum absolute atomic E-state index is 6.01. The van der Waals surface area contributed by atoms with Gasteiger partial charge in [0.2, 0.25) is 0 Å². The molecule has 0 amide bonds. The van der Waals surface area contributed by atoms with Gasteiger partial charge < -0.3 is 0 Å². The zero-order valence-corrected chi connectivity index (χ0v) is 16.7. The molecule has 0 aliphatic carbocycles. The molecule has 0 heterocycles. The van der Waals surface area contributed by atoms with E-state index in [-0.39, 0.29) is 5.92 Å². The van der Waals surface area contributed by atoms with Gasteiger partial charge in [0.25, 0.3) is 0 Å². The Labute approximate surface area is 164 Å². The van der Waals surface area contributed by atoms with E-state index in [2.05, 4.69) is 98.6 Å². The first kappa shape index (κ1) is 17.5. The third-order valence-electron chi connectivity index (χ3n) is 3.94. The first-order chi connectivity index (χ1) is 11.7. The summed E-state index contributed by atoms with van der Waals surface area (Å²) in [5.74, 6) is 0.195. The van der Waals surface area contributed by atoms with Crippen molar-refractivity contribution >= 4 is 43.5 Å². The standard InChI is InChI=1S/C21H15Br2Cl/c22-14-13-21(18-7-11-20(24)12-8-18)17-3-1-15(2-4-17)16-5-9-19(23)10-6-16/h1-14,21H. The summed E-state index contributed by atoms with van der Waals surface area (Å²) >= 11 is 12.9. The molecule has 1 unspecified atom stereocenters. The second-order valence-corrected chi connectivity index (χ2v) is 7.36. The Balaban J connectivity index is 1.92. The van der Waals surface area contributed by atoms with Crippen LogP contribution in [0, 0.1) is 0 Å². The average molecular weight is 463 g/mol. The fourth-order valence-electron chi connectivity index (χ4n) is 2.68. The van der Waals surface area contributed by atoms with Gasteiger partial charge in [-0.1, -0.05) is 98.1 Å². The smallest absolute Gasteiger partial charge is 0.0406 e. The Kier molecular flexibility index (Phi) is 5.94. The summed E-state index contributed by atoms with van der Waals surface area (Å²) in [7, 11) is 0. The predicted molar refractivity (Wildman–Crippen MR) is 111 cm³/mol. The maximum atomic E-state index is 6.01. The van der Waals surface area contributed by atoms with Crippen molar-refractivity contribution in [1.29, 1.82) is 0 Å². The summed E-state index contributed by atoms with van der Waals surface area (Å²) in [6.45, 7) is 0. The van der Waals surface area contributed by atoms with E-state index in [1.165, 1.54) is 22.3 Å². The Bertz CT molecular complexity index is 819. The van der Waals surface area contributed by atoms with Gasteiger partial charge in [-0.05, 0) is 51.5 Å². The van der Waals surface area contributed by atoms with Crippen LogP contribution in [0.2, 0.25) is 5.02 Å². The van der Waals surface area contributed by atoms with E-state index in [1.54, 1.807) is 0 Å². The van der Waals surface area contributed by atoms with E-state index in [4.69, 9.17) is 11.6 Å². The third-order valence-corrected chi connectivity index (χ3v) is 5.03. The molecular formula is C21H15Br2Cl. The largest absolute Gasteiger partial charge is 0.0843 e. The summed E-state index contributed by atoms with van der Waals surface area (Å²) in [6.07, 6.45) is 2.14. The highest BCUT2D eigenvalue weighted by Crippen LogP contribution is 2.30. The predicted octanol–water partition coefficient (Wildman–Crippen LogP) is 7.81. The quantitative estimate of drug-likeness (QED) is 0.371. The molecule has 0 aliphatic rings. The van der Waals surface area contributed by atoms with Gasteiger partial charge in [-0.15, -0.1) is 0 Å². The molecule has 120 valence electrons. The molecule has 0 aromatic heterocycles. The first-order valence-electron chi connectivity index (χ1n) is 7.55. The highest BCUT2D eigenvalue weighted by Gasteiger charge is 2.11. The number of allylic oxidation sites excluding steroid dienone is 1. The summed E-state index contributed by atoms with van der Waals surface area (Å²) in [4.78, 5) is 1.91. The number of hydrogen-bond donors (Lipinski definition) is 0. The van der Waals surface area contributed by atoms with Gasteiger partial charge in [-0.25, -0.2) is 0 Å². The fourth-order valence-corrected chi connectivity index (χ4v) is 3.38. The van der Waals surface area contributed by atoms with Crippen LogP contribution in [-0.4, -0.2) is 0 Å². The molecule has 0 N–H and O–H groups in total. The average Bonchev–Trinajstić information content (AvgIpc) is 2.62. The van der Waals surface area contributed by atoms with Crippen molar-refractivity contribution in [2.24, 2.45) is 0 Å². The monoisotopic (exact) mass is 460 g/mol. The minimum Gasteiger partial charge on any atom is -0.0843 e. The number of benzene rings is 3. The number of hydrogen-bond acceptors (Lipinski definition) is 0. The summed E-state index contributed by atoms with van der Waals surface area (Å²) in [5.41, 5.74) is 4.88. The van der Waals surface area contributed by atoms with Crippen LogP contribution < -0.4 is 0 Å². The van der Waals surface area contributed by atoms with Crippen LogP contribution in [0.4, 0.5) is 0 Å². The Hall–Kier alpha value is -1.35. The molecule has 3 aromatic rings. The third kappa shape index (κ3) is 4.18. The van der Waals surface area contributed by atoms with Crippen LogP contribution >= 0.6 is 43.5 Å². The lowest BCUT2D eigenvalue weighted by molar-refractivity contribution is 1.03. The van der Waals surface area contributed by atoms with Gasteiger partial charge in [0, 0.05) is 15.4 Å². The van der Waals surface area contributed by atoms with E-state index >= 15 is 0 Å². The van der Waals surface area contributed by atoms with Gasteiger partial charge in [-0.2, -0.15) is 0 Å². The summed E-state index contributed by atoms with van der Waals surface area (Å²) in [6, 6.07) is 25.1. The molecule has 24 heavy (non-hydrogen) atoms. The van der Waals surface area contributed by atoms with E-state index in [9.17, 15) is 0 Å². The van der Waals surface area contributed by atoms with Crippen molar-refractivity contribution in [3.8, 4) is 11.1 Å². The molecule has 0 nitrogen and oxygen atoms in total. The van der Waals surface area contributed by atoms with Gasteiger partial charge >= 0.3 is 0 Å². The van der Waals surface area contributed by atoms with Crippen LogP contribution in [0.25, 0.3) is 11.1 Å². The van der Waals surface area contributed by atoms with Gasteiger partial charge in [-0.3, -0.25) is 0 Å². The van der Waals surface area contributed by atoms with Crippen LogP contribution in [0.15, 0.2) is 88.3 Å². The van der Waals surface area contributed by atoms with Gasteiger partial charge in [0.05, 0.1) is 0 Å². The van der Waals surface area contributed by atoms with Crippen molar-refractivity contribution in [2.45, 2.75) is 5.92 Å². The van der Waals surface area contributed by atoms with E-state index in [0.29, 0.717) is 0 Å². The van der Waals surface area contributed by atoms with Gasteiger partial charge in [0.1, 0.15) is 0 Å². The molecule has 3 heteroatoms. The van der Waals surface area contributed by atoms with E-state index < -0.39 is 0 Å². The second kappa shape index (κ2) is 8.15. The molecule has 3 aromatic carbocycles. The fraction of sp³-hybridized carbons (Fsp3) is 0.0476. The molecule has 0 spiro atoms. The highest BCUT2D eigenvalue weighted by atomic mass is 79.9.